The Morgan fingerprint density at radius 2 is 2.33 bits per heavy atom. The van der Waals surface area contributed by atoms with Crippen LogP contribution in [0.2, 0.25) is 0 Å². The molecule has 12 heavy (non-hydrogen) atoms. The summed E-state index contributed by atoms with van der Waals surface area (Å²) in [5.41, 5.74) is 7.27. The molecule has 0 aliphatic carbocycles. The van der Waals surface area contributed by atoms with E-state index in [2.05, 4.69) is 24.8 Å². The molecule has 1 saturated heterocycles. The van der Waals surface area contributed by atoms with Gasteiger partial charge in [0.25, 0.3) is 0 Å². The zero-order chi connectivity index (χ0) is 8.97. The van der Waals surface area contributed by atoms with Crippen LogP contribution in [0.15, 0.2) is 11.6 Å². The van der Waals surface area contributed by atoms with E-state index in [4.69, 9.17) is 5.73 Å². The first kappa shape index (κ1) is 9.75. The second kappa shape index (κ2) is 4.63. The second-order valence-corrected chi connectivity index (χ2v) is 3.94. The molecule has 0 unspecified atom stereocenters. The molecule has 1 atom stereocenters. The van der Waals surface area contributed by atoms with Crippen LogP contribution in [0.1, 0.15) is 26.7 Å². The van der Waals surface area contributed by atoms with E-state index in [1.807, 2.05) is 0 Å². The van der Waals surface area contributed by atoms with Gasteiger partial charge in [-0.15, -0.1) is 0 Å². The van der Waals surface area contributed by atoms with Gasteiger partial charge in [0.2, 0.25) is 0 Å². The fraction of sp³-hybridized carbons (Fsp3) is 0.800. The summed E-state index contributed by atoms with van der Waals surface area (Å²) in [6.45, 7) is 7.66. The molecule has 0 bridgehead atoms. The van der Waals surface area contributed by atoms with Crippen LogP contribution in [0.5, 0.6) is 0 Å². The highest BCUT2D eigenvalue weighted by atomic mass is 15.1. The highest BCUT2D eigenvalue weighted by Crippen LogP contribution is 2.07. The quantitative estimate of drug-likeness (QED) is 0.631. The molecule has 70 valence electrons. The van der Waals surface area contributed by atoms with Crippen LogP contribution >= 0.6 is 0 Å². The Kier molecular flexibility index (Phi) is 3.76. The van der Waals surface area contributed by atoms with Gasteiger partial charge in [0.1, 0.15) is 0 Å². The van der Waals surface area contributed by atoms with Gasteiger partial charge in [0.05, 0.1) is 0 Å². The lowest BCUT2D eigenvalue weighted by Crippen LogP contribution is -2.42. The maximum absolute atomic E-state index is 5.87. The number of likely N-dealkylation sites (tertiary alicyclic amines) is 1. The molecule has 0 aromatic rings. The van der Waals surface area contributed by atoms with Crippen molar-refractivity contribution in [2.45, 2.75) is 32.7 Å². The van der Waals surface area contributed by atoms with E-state index in [0.29, 0.717) is 6.04 Å². The molecule has 0 amide bonds. The summed E-state index contributed by atoms with van der Waals surface area (Å²) in [4.78, 5) is 2.43. The zero-order valence-corrected chi connectivity index (χ0v) is 8.21. The second-order valence-electron chi connectivity index (χ2n) is 3.94. The molecule has 1 aliphatic rings. The number of hydrogen-bond acceptors (Lipinski definition) is 2. The SMILES string of the molecule is CC(C)=CCN1CCC[C@@H](N)C1. The van der Waals surface area contributed by atoms with Crippen molar-refractivity contribution >= 4 is 0 Å². The molecule has 0 spiro atoms. The van der Waals surface area contributed by atoms with Crippen LogP contribution in [0.25, 0.3) is 0 Å². The summed E-state index contributed by atoms with van der Waals surface area (Å²) in [6, 6.07) is 0.407. The smallest absolute Gasteiger partial charge is 0.0168 e. The zero-order valence-electron chi connectivity index (χ0n) is 8.21. The Hall–Kier alpha value is -0.340. The van der Waals surface area contributed by atoms with Crippen molar-refractivity contribution in [2.75, 3.05) is 19.6 Å². The predicted molar refractivity (Wildman–Crippen MR) is 53.1 cm³/mol. The number of nitrogens with zero attached hydrogens (tertiary/aromatic N) is 1. The Bertz CT molecular complexity index is 159. The monoisotopic (exact) mass is 168 g/mol. The molecule has 1 aliphatic heterocycles. The van der Waals surface area contributed by atoms with Gasteiger partial charge in [0, 0.05) is 19.1 Å². The standard InChI is InChI=1S/C10H20N2/c1-9(2)5-7-12-6-3-4-10(11)8-12/h5,10H,3-4,6-8,11H2,1-2H3/t10-/m1/s1. The van der Waals surface area contributed by atoms with Gasteiger partial charge in [-0.05, 0) is 33.2 Å². The fourth-order valence-corrected chi connectivity index (χ4v) is 1.57. The lowest BCUT2D eigenvalue weighted by molar-refractivity contribution is 0.229. The number of nitrogens with two attached hydrogens (primary N) is 1. The molecule has 0 radical (unpaired) electrons. The summed E-state index contributed by atoms with van der Waals surface area (Å²) < 4.78 is 0. The van der Waals surface area contributed by atoms with Crippen molar-refractivity contribution in [1.82, 2.24) is 4.90 Å². The molecule has 2 nitrogen and oxygen atoms in total. The van der Waals surface area contributed by atoms with Gasteiger partial charge in [-0.3, -0.25) is 4.90 Å². The van der Waals surface area contributed by atoms with Crippen LogP contribution < -0.4 is 5.73 Å². The van der Waals surface area contributed by atoms with Gasteiger partial charge in [0.15, 0.2) is 0 Å². The van der Waals surface area contributed by atoms with Gasteiger partial charge in [-0.25, -0.2) is 0 Å². The maximum Gasteiger partial charge on any atom is 0.0168 e. The predicted octanol–water partition coefficient (Wildman–Crippen LogP) is 1.38. The third-order valence-corrected chi connectivity index (χ3v) is 2.30. The lowest BCUT2D eigenvalue weighted by atomic mass is 10.1. The van der Waals surface area contributed by atoms with E-state index in [9.17, 15) is 0 Å². The van der Waals surface area contributed by atoms with Crippen LogP contribution in [0.3, 0.4) is 0 Å². The van der Waals surface area contributed by atoms with Crippen molar-refractivity contribution in [2.24, 2.45) is 5.73 Å². The number of rotatable bonds is 2. The van der Waals surface area contributed by atoms with Crippen molar-refractivity contribution in [1.29, 1.82) is 0 Å². The van der Waals surface area contributed by atoms with Crippen LogP contribution in [0.4, 0.5) is 0 Å². The van der Waals surface area contributed by atoms with Crippen molar-refractivity contribution < 1.29 is 0 Å². The molecular formula is C10H20N2. The van der Waals surface area contributed by atoms with E-state index in [1.54, 1.807) is 0 Å². The van der Waals surface area contributed by atoms with Crippen LogP contribution in [-0.2, 0) is 0 Å². The van der Waals surface area contributed by atoms with Gasteiger partial charge < -0.3 is 5.73 Å². The molecule has 1 fully saturated rings. The number of hydrogen-bond donors (Lipinski definition) is 1. The molecule has 0 aromatic heterocycles. The molecule has 1 rings (SSSR count). The normalized spacial score (nSPS) is 25.4. The minimum Gasteiger partial charge on any atom is -0.327 e. The van der Waals surface area contributed by atoms with Gasteiger partial charge in [-0.1, -0.05) is 11.6 Å². The first-order chi connectivity index (χ1) is 5.68. The first-order valence-electron chi connectivity index (χ1n) is 4.80. The molecule has 0 saturated carbocycles. The first-order valence-corrected chi connectivity index (χ1v) is 4.80. The van der Waals surface area contributed by atoms with E-state index >= 15 is 0 Å². The summed E-state index contributed by atoms with van der Waals surface area (Å²) >= 11 is 0. The Labute approximate surface area is 75.4 Å². The highest BCUT2D eigenvalue weighted by Gasteiger charge is 2.14. The van der Waals surface area contributed by atoms with Crippen LogP contribution in [-0.4, -0.2) is 30.6 Å². The Morgan fingerprint density at radius 3 is 2.92 bits per heavy atom. The molecular weight excluding hydrogens is 148 g/mol. The van der Waals surface area contributed by atoms with Crippen molar-refractivity contribution in [3.63, 3.8) is 0 Å². The third kappa shape index (κ3) is 3.37. The Balaban J connectivity index is 2.27. The molecule has 2 heteroatoms. The number of piperidine rings is 1. The van der Waals surface area contributed by atoms with Crippen molar-refractivity contribution in [3.8, 4) is 0 Å². The van der Waals surface area contributed by atoms with E-state index in [0.717, 1.165) is 13.1 Å². The minimum absolute atomic E-state index is 0.407. The molecule has 0 aromatic carbocycles. The maximum atomic E-state index is 5.87. The summed E-state index contributed by atoms with van der Waals surface area (Å²) in [5.74, 6) is 0. The van der Waals surface area contributed by atoms with Crippen molar-refractivity contribution in [3.05, 3.63) is 11.6 Å². The van der Waals surface area contributed by atoms with Gasteiger partial charge in [-0.2, -0.15) is 0 Å². The van der Waals surface area contributed by atoms with Gasteiger partial charge >= 0.3 is 0 Å². The largest absolute Gasteiger partial charge is 0.327 e. The number of allylic oxidation sites excluding steroid dienone is 1. The summed E-state index contributed by atoms with van der Waals surface area (Å²) in [6.07, 6.45) is 4.74. The van der Waals surface area contributed by atoms with E-state index < -0.39 is 0 Å². The average molecular weight is 168 g/mol. The molecule has 2 N–H and O–H groups in total. The third-order valence-electron chi connectivity index (χ3n) is 2.30. The van der Waals surface area contributed by atoms with E-state index in [-0.39, 0.29) is 0 Å². The Morgan fingerprint density at radius 1 is 1.58 bits per heavy atom. The summed E-state index contributed by atoms with van der Waals surface area (Å²) in [7, 11) is 0. The fourth-order valence-electron chi connectivity index (χ4n) is 1.57. The lowest BCUT2D eigenvalue weighted by Gasteiger charge is -2.29. The van der Waals surface area contributed by atoms with Crippen LogP contribution in [0, 0.1) is 0 Å². The summed E-state index contributed by atoms with van der Waals surface area (Å²) in [5, 5.41) is 0. The minimum atomic E-state index is 0.407. The highest BCUT2D eigenvalue weighted by molar-refractivity contribution is 4.95. The van der Waals surface area contributed by atoms with E-state index in [1.165, 1.54) is 25.0 Å². The molecule has 1 heterocycles. The topological polar surface area (TPSA) is 29.3 Å². The average Bonchev–Trinajstić information content (AvgIpc) is 2.01.